The van der Waals surface area contributed by atoms with Gasteiger partial charge in [-0.1, -0.05) is 48.5 Å². The van der Waals surface area contributed by atoms with Gasteiger partial charge in [0.25, 0.3) is 0 Å². The van der Waals surface area contributed by atoms with Crippen LogP contribution in [0.15, 0.2) is 59.6 Å². The highest BCUT2D eigenvalue weighted by atomic mass is 16.5. The van der Waals surface area contributed by atoms with Crippen LogP contribution in [0.5, 0.6) is 5.75 Å². The van der Waals surface area contributed by atoms with Crippen LogP contribution < -0.4 is 10.1 Å². The molecule has 1 amide bonds. The van der Waals surface area contributed by atoms with E-state index >= 15 is 0 Å². The Bertz CT molecular complexity index is 1000. The van der Waals surface area contributed by atoms with Crippen LogP contribution in [0.4, 0.5) is 0 Å². The lowest BCUT2D eigenvalue weighted by molar-refractivity contribution is -0.153. The van der Waals surface area contributed by atoms with Gasteiger partial charge in [0.15, 0.2) is 5.92 Å². The fourth-order valence-corrected chi connectivity index (χ4v) is 4.32. The summed E-state index contributed by atoms with van der Waals surface area (Å²) in [4.78, 5) is 35.1. The monoisotopic (exact) mass is 450 g/mol. The molecule has 8 heteroatoms. The molecule has 0 radical (unpaired) electrons. The van der Waals surface area contributed by atoms with Gasteiger partial charge < -0.3 is 14.4 Å². The average Bonchev–Trinajstić information content (AvgIpc) is 2.84. The standard InChI is InChI=1S/C25H30N4O4/c1-3-33-24(31)21-22(19-11-7-8-12-20(19)32-2)26-25(27-23(21)30)29-15-13-28(14-16-29)17-18-9-5-4-6-10-18/h4-12,21-22H,3,13-17H2,1-2H3,(H,26,27,30)/t21-,22-/m1/s1. The van der Waals surface area contributed by atoms with Crippen molar-refractivity contribution in [2.45, 2.75) is 19.5 Å². The Morgan fingerprint density at radius 2 is 1.76 bits per heavy atom. The molecule has 1 N–H and O–H groups in total. The van der Waals surface area contributed by atoms with E-state index in [1.54, 1.807) is 14.0 Å². The van der Waals surface area contributed by atoms with Gasteiger partial charge >= 0.3 is 5.97 Å². The summed E-state index contributed by atoms with van der Waals surface area (Å²) in [7, 11) is 1.57. The van der Waals surface area contributed by atoms with E-state index in [1.807, 2.05) is 30.3 Å². The number of esters is 1. The minimum absolute atomic E-state index is 0.196. The number of para-hydroxylation sites is 1. The van der Waals surface area contributed by atoms with Gasteiger partial charge in [0.1, 0.15) is 11.8 Å². The number of methoxy groups -OCH3 is 1. The zero-order valence-corrected chi connectivity index (χ0v) is 19.1. The summed E-state index contributed by atoms with van der Waals surface area (Å²) < 4.78 is 10.7. The Labute approximate surface area is 194 Å². The van der Waals surface area contributed by atoms with E-state index in [9.17, 15) is 9.59 Å². The predicted molar refractivity (Wildman–Crippen MR) is 125 cm³/mol. The fraction of sp³-hybridized carbons (Fsp3) is 0.400. The van der Waals surface area contributed by atoms with Gasteiger partial charge in [-0.05, 0) is 18.6 Å². The lowest BCUT2D eigenvalue weighted by Crippen LogP contribution is -2.57. The summed E-state index contributed by atoms with van der Waals surface area (Å²) in [6, 6.07) is 17.0. The number of piperazine rings is 1. The molecular weight excluding hydrogens is 420 g/mol. The Morgan fingerprint density at radius 1 is 1.06 bits per heavy atom. The third kappa shape index (κ3) is 5.17. The molecular formula is C25H30N4O4. The number of guanidine groups is 1. The number of nitrogens with one attached hydrogen (secondary N) is 1. The summed E-state index contributed by atoms with van der Waals surface area (Å²) in [5.41, 5.74) is 1.97. The molecule has 2 heterocycles. The van der Waals surface area contributed by atoms with Crippen molar-refractivity contribution in [2.75, 3.05) is 39.9 Å². The van der Waals surface area contributed by atoms with E-state index < -0.39 is 23.8 Å². The van der Waals surface area contributed by atoms with E-state index in [1.165, 1.54) is 5.56 Å². The number of nitrogens with zero attached hydrogens (tertiary/aromatic N) is 3. The SMILES string of the molecule is CCOC(=O)[C@H]1C(=O)NC(N2CCN(Cc3ccccc3)CC2)=N[C@@H]1c1ccccc1OC. The molecule has 0 aromatic heterocycles. The van der Waals surface area contributed by atoms with Gasteiger partial charge in [0, 0.05) is 38.3 Å². The second kappa shape index (κ2) is 10.5. The van der Waals surface area contributed by atoms with E-state index in [4.69, 9.17) is 14.5 Å². The Kier molecular flexibility index (Phi) is 7.24. The number of amides is 1. The highest BCUT2D eigenvalue weighted by Crippen LogP contribution is 2.36. The molecule has 2 aromatic rings. The molecule has 1 saturated heterocycles. The number of aliphatic imine (C=N–C) groups is 1. The molecule has 174 valence electrons. The lowest BCUT2D eigenvalue weighted by Gasteiger charge is -2.39. The average molecular weight is 451 g/mol. The van der Waals surface area contributed by atoms with Crippen molar-refractivity contribution in [2.24, 2.45) is 10.9 Å². The number of rotatable bonds is 6. The third-order valence-electron chi connectivity index (χ3n) is 6.01. The molecule has 33 heavy (non-hydrogen) atoms. The van der Waals surface area contributed by atoms with Gasteiger partial charge in [-0.2, -0.15) is 0 Å². The van der Waals surface area contributed by atoms with Crippen molar-refractivity contribution < 1.29 is 19.1 Å². The number of carbonyl (C=O) groups is 2. The minimum Gasteiger partial charge on any atom is -0.496 e. The highest BCUT2D eigenvalue weighted by Gasteiger charge is 2.43. The summed E-state index contributed by atoms with van der Waals surface area (Å²) in [5, 5.41) is 2.85. The molecule has 0 unspecified atom stereocenters. The Balaban J connectivity index is 1.54. The molecule has 0 spiro atoms. The minimum atomic E-state index is -1.07. The van der Waals surface area contributed by atoms with Crippen LogP contribution in [0.3, 0.4) is 0 Å². The molecule has 2 aliphatic rings. The Morgan fingerprint density at radius 3 is 2.45 bits per heavy atom. The number of ether oxygens (including phenoxy) is 2. The van der Waals surface area contributed by atoms with Crippen LogP contribution in [-0.4, -0.2) is 67.5 Å². The second-order valence-corrected chi connectivity index (χ2v) is 8.11. The highest BCUT2D eigenvalue weighted by molar-refractivity contribution is 6.08. The van der Waals surface area contributed by atoms with Gasteiger partial charge in [-0.25, -0.2) is 4.99 Å². The van der Waals surface area contributed by atoms with Crippen LogP contribution in [0.25, 0.3) is 0 Å². The Hall–Kier alpha value is -3.39. The van der Waals surface area contributed by atoms with Crippen molar-refractivity contribution in [3.63, 3.8) is 0 Å². The zero-order chi connectivity index (χ0) is 23.2. The van der Waals surface area contributed by atoms with Crippen molar-refractivity contribution in [3.05, 3.63) is 65.7 Å². The topological polar surface area (TPSA) is 83.5 Å². The molecule has 0 saturated carbocycles. The molecule has 1 fully saturated rings. The third-order valence-corrected chi connectivity index (χ3v) is 6.01. The first kappa shape index (κ1) is 22.8. The van der Waals surface area contributed by atoms with Crippen LogP contribution in [0.2, 0.25) is 0 Å². The first-order chi connectivity index (χ1) is 16.1. The summed E-state index contributed by atoms with van der Waals surface area (Å²) in [6.45, 7) is 5.97. The summed E-state index contributed by atoms with van der Waals surface area (Å²) >= 11 is 0. The van der Waals surface area contributed by atoms with E-state index in [0.29, 0.717) is 17.3 Å². The number of benzene rings is 2. The van der Waals surface area contributed by atoms with Crippen LogP contribution >= 0.6 is 0 Å². The molecule has 8 nitrogen and oxygen atoms in total. The van der Waals surface area contributed by atoms with Crippen molar-refractivity contribution in [1.82, 2.24) is 15.1 Å². The normalized spacial score (nSPS) is 21.2. The van der Waals surface area contributed by atoms with Crippen LogP contribution in [0, 0.1) is 5.92 Å². The fourth-order valence-electron chi connectivity index (χ4n) is 4.32. The van der Waals surface area contributed by atoms with E-state index in [0.717, 1.165) is 32.7 Å². The van der Waals surface area contributed by atoms with Gasteiger partial charge in [-0.15, -0.1) is 0 Å². The number of hydrogen-bond donors (Lipinski definition) is 1. The molecule has 2 aliphatic heterocycles. The van der Waals surface area contributed by atoms with E-state index in [-0.39, 0.29) is 6.61 Å². The summed E-state index contributed by atoms with van der Waals surface area (Å²) in [5.74, 6) is -0.968. The first-order valence-corrected chi connectivity index (χ1v) is 11.3. The number of hydrogen-bond acceptors (Lipinski definition) is 7. The second-order valence-electron chi connectivity index (χ2n) is 8.11. The van der Waals surface area contributed by atoms with Crippen molar-refractivity contribution in [3.8, 4) is 5.75 Å². The van der Waals surface area contributed by atoms with E-state index in [2.05, 4.69) is 39.4 Å². The van der Waals surface area contributed by atoms with Gasteiger partial charge in [-0.3, -0.25) is 19.8 Å². The molecule has 0 aliphatic carbocycles. The van der Waals surface area contributed by atoms with Gasteiger partial charge in [0.05, 0.1) is 13.7 Å². The largest absolute Gasteiger partial charge is 0.496 e. The molecule has 2 atom stereocenters. The van der Waals surface area contributed by atoms with Crippen LogP contribution in [0.1, 0.15) is 24.1 Å². The van der Waals surface area contributed by atoms with Crippen molar-refractivity contribution >= 4 is 17.8 Å². The van der Waals surface area contributed by atoms with Crippen LogP contribution in [-0.2, 0) is 20.9 Å². The lowest BCUT2D eigenvalue weighted by atomic mass is 9.90. The molecule has 2 aromatic carbocycles. The van der Waals surface area contributed by atoms with Gasteiger partial charge in [0.2, 0.25) is 11.9 Å². The molecule has 4 rings (SSSR count). The quantitative estimate of drug-likeness (QED) is 0.537. The summed E-state index contributed by atoms with van der Waals surface area (Å²) in [6.07, 6.45) is 0. The predicted octanol–water partition coefficient (Wildman–Crippen LogP) is 2.22. The smallest absolute Gasteiger partial charge is 0.321 e. The molecule has 0 bridgehead atoms. The maximum Gasteiger partial charge on any atom is 0.321 e. The first-order valence-electron chi connectivity index (χ1n) is 11.3. The zero-order valence-electron chi connectivity index (χ0n) is 19.1. The van der Waals surface area contributed by atoms with Crippen molar-refractivity contribution in [1.29, 1.82) is 0 Å². The number of carbonyl (C=O) groups excluding carboxylic acids is 2. The maximum absolute atomic E-state index is 13.1. The maximum atomic E-state index is 13.1.